The highest BCUT2D eigenvalue weighted by Gasteiger charge is 2.58. The summed E-state index contributed by atoms with van der Waals surface area (Å²) in [5.41, 5.74) is 1.05. The number of benzene rings is 1. The van der Waals surface area contributed by atoms with Gasteiger partial charge in [0, 0.05) is 5.56 Å². The average molecular weight is 497 g/mol. The molecule has 2 atom stereocenters. The predicted octanol–water partition coefficient (Wildman–Crippen LogP) is 2.86. The van der Waals surface area contributed by atoms with E-state index in [0.717, 1.165) is 4.90 Å². The number of hydrogen-bond acceptors (Lipinski definition) is 5. The Balaban J connectivity index is 1.57. The summed E-state index contributed by atoms with van der Waals surface area (Å²) >= 11 is 0. The first-order chi connectivity index (χ1) is 16.0. The first-order valence-corrected chi connectivity index (χ1v) is 12.4. The number of ether oxygens (including phenoxy) is 1. The summed E-state index contributed by atoms with van der Waals surface area (Å²) in [6.45, 7) is 0.647. The van der Waals surface area contributed by atoms with Gasteiger partial charge >= 0.3 is 6.03 Å². The monoisotopic (exact) mass is 496 g/mol. The number of pyridine rings is 1. The number of hydrogen-bond donors (Lipinski definition) is 2. The summed E-state index contributed by atoms with van der Waals surface area (Å²) in [6, 6.07) is 3.58. The number of nitrogens with one attached hydrogen (secondary N) is 2. The van der Waals surface area contributed by atoms with Crippen LogP contribution in [0.1, 0.15) is 29.7 Å². The van der Waals surface area contributed by atoms with Gasteiger partial charge in [-0.1, -0.05) is 18.2 Å². The molecule has 2 aromatic rings. The molecule has 5 rings (SSSR count). The zero-order chi connectivity index (χ0) is 24.3. The summed E-state index contributed by atoms with van der Waals surface area (Å²) in [6.07, 6.45) is 0.441. The van der Waals surface area contributed by atoms with Crippen molar-refractivity contribution < 1.29 is 31.1 Å². The van der Waals surface area contributed by atoms with E-state index in [1.54, 1.807) is 19.1 Å². The Kier molecular flexibility index (Phi) is 5.47. The Morgan fingerprint density at radius 2 is 2.00 bits per heavy atom. The molecule has 1 saturated carbocycles. The second-order valence-electron chi connectivity index (χ2n) is 8.91. The van der Waals surface area contributed by atoms with Gasteiger partial charge in [-0.3, -0.25) is 0 Å². The van der Waals surface area contributed by atoms with Crippen LogP contribution in [-0.2, 0) is 23.0 Å². The third kappa shape index (κ3) is 4.20. The van der Waals surface area contributed by atoms with Crippen LogP contribution in [0.25, 0.3) is 0 Å². The van der Waals surface area contributed by atoms with E-state index in [4.69, 9.17) is 4.74 Å². The summed E-state index contributed by atoms with van der Waals surface area (Å²) in [7, 11) is -4.00. The molecular weight excluding hydrogens is 473 g/mol. The zero-order valence-electron chi connectivity index (χ0n) is 18.2. The fourth-order valence-corrected chi connectivity index (χ4v) is 5.94. The Hall–Kier alpha value is -2.86. The van der Waals surface area contributed by atoms with Crippen LogP contribution in [0.4, 0.5) is 18.0 Å². The van der Waals surface area contributed by atoms with Gasteiger partial charge in [-0.25, -0.2) is 36.1 Å². The molecule has 4 bridgehead atoms. The molecule has 1 aromatic heterocycles. The number of aryl methyl sites for hydroxylation is 1. The van der Waals surface area contributed by atoms with E-state index in [1.165, 1.54) is 18.2 Å². The van der Waals surface area contributed by atoms with Crippen molar-refractivity contribution in [2.45, 2.75) is 56.0 Å². The quantitative estimate of drug-likeness (QED) is 0.681. The number of carbonyl (C=O) groups excluding carboxylic acids is 1. The van der Waals surface area contributed by atoms with E-state index in [2.05, 4.69) is 15.0 Å². The lowest BCUT2D eigenvalue weighted by Crippen LogP contribution is -2.53. The van der Waals surface area contributed by atoms with Gasteiger partial charge in [0.2, 0.25) is 15.9 Å². The topological polar surface area (TPSA) is 101 Å². The fourth-order valence-electron chi connectivity index (χ4n) is 4.31. The number of nitrogens with zero attached hydrogens (tertiary/aromatic N) is 2. The number of carbonyl (C=O) groups is 1. The highest BCUT2D eigenvalue weighted by atomic mass is 32.2. The Morgan fingerprint density at radius 3 is 2.74 bits per heavy atom. The van der Waals surface area contributed by atoms with Gasteiger partial charge in [-0.2, -0.15) is 0 Å². The molecule has 182 valence electrons. The molecule has 12 heteroatoms. The van der Waals surface area contributed by atoms with Crippen LogP contribution < -0.4 is 14.8 Å². The molecule has 1 aliphatic carbocycles. The van der Waals surface area contributed by atoms with Crippen LogP contribution in [0.5, 0.6) is 11.6 Å². The number of alkyl halides is 2. The van der Waals surface area contributed by atoms with Gasteiger partial charge in [-0.15, -0.1) is 0 Å². The third-order valence-corrected chi connectivity index (χ3v) is 8.28. The van der Waals surface area contributed by atoms with E-state index >= 15 is 13.2 Å². The minimum atomic E-state index is -4.00. The summed E-state index contributed by atoms with van der Waals surface area (Å²) in [5.74, 6) is -4.33. The maximum absolute atomic E-state index is 15.4. The zero-order valence-corrected chi connectivity index (χ0v) is 19.0. The number of amides is 2. The molecule has 2 aliphatic heterocycles. The number of rotatable bonds is 3. The SMILES string of the molecule is Cc1ccc2nc1Oc1cccc(c1F)C[C@H]1[C@@H](NS(=O)(=O)C3CC3)C(F)(F)CN1C(=O)NC2. The maximum Gasteiger partial charge on any atom is 0.318 e. The minimum Gasteiger partial charge on any atom is -0.436 e. The molecule has 0 spiro atoms. The lowest BCUT2D eigenvalue weighted by Gasteiger charge is -2.28. The highest BCUT2D eigenvalue weighted by molar-refractivity contribution is 7.90. The summed E-state index contributed by atoms with van der Waals surface area (Å²) in [5, 5.41) is 1.84. The van der Waals surface area contributed by atoms with Crippen LogP contribution in [0.15, 0.2) is 30.3 Å². The minimum absolute atomic E-state index is 0.0154. The van der Waals surface area contributed by atoms with Crippen molar-refractivity contribution in [3.63, 3.8) is 0 Å². The van der Waals surface area contributed by atoms with Gasteiger partial charge in [-0.05, 0) is 43.9 Å². The molecule has 3 heterocycles. The Labute approximate surface area is 194 Å². The van der Waals surface area contributed by atoms with Gasteiger partial charge < -0.3 is 15.0 Å². The Morgan fingerprint density at radius 1 is 1.24 bits per heavy atom. The smallest absolute Gasteiger partial charge is 0.318 e. The van der Waals surface area contributed by atoms with Crippen molar-refractivity contribution in [3.05, 3.63) is 53.0 Å². The number of sulfonamides is 1. The molecule has 1 saturated heterocycles. The van der Waals surface area contributed by atoms with Crippen molar-refractivity contribution in [2.75, 3.05) is 6.54 Å². The molecule has 1 aromatic carbocycles. The van der Waals surface area contributed by atoms with Crippen LogP contribution in [0, 0.1) is 12.7 Å². The van der Waals surface area contributed by atoms with Gasteiger partial charge in [0.1, 0.15) is 6.04 Å². The standard InChI is InChI=1S/C22H23F3N4O4S/c1-12-5-6-14-10-26-21(30)29-11-22(24,25)19(28-34(31,32)15-7-8-15)16(29)9-13-3-2-4-17(18(13)23)33-20(12)27-14/h2-6,15-16,19,28H,7-11H2,1H3,(H,26,30)/t16-,19+/m0/s1. The largest absolute Gasteiger partial charge is 0.436 e. The van der Waals surface area contributed by atoms with Gasteiger partial charge in [0.25, 0.3) is 5.92 Å². The number of halogens is 3. The lowest BCUT2D eigenvalue weighted by molar-refractivity contribution is -0.00458. The normalized spacial score (nSPS) is 24.2. The summed E-state index contributed by atoms with van der Waals surface area (Å²) < 4.78 is 78.5. The van der Waals surface area contributed by atoms with Gasteiger partial charge in [0.05, 0.1) is 30.1 Å². The second kappa shape index (κ2) is 8.12. The molecule has 2 fully saturated rings. The molecular formula is C22H23F3N4O4S. The van der Waals surface area contributed by atoms with E-state index < -0.39 is 51.7 Å². The molecule has 2 N–H and O–H groups in total. The average Bonchev–Trinajstić information content (AvgIpc) is 3.60. The van der Waals surface area contributed by atoms with Crippen LogP contribution in [-0.4, -0.2) is 54.1 Å². The summed E-state index contributed by atoms with van der Waals surface area (Å²) in [4.78, 5) is 18.1. The Bertz CT molecular complexity index is 1250. The molecule has 3 aliphatic rings. The van der Waals surface area contributed by atoms with Crippen LogP contribution in [0.2, 0.25) is 0 Å². The van der Waals surface area contributed by atoms with Crippen molar-refractivity contribution in [1.29, 1.82) is 0 Å². The first-order valence-electron chi connectivity index (χ1n) is 10.9. The van der Waals surface area contributed by atoms with Crippen LogP contribution in [0.3, 0.4) is 0 Å². The highest BCUT2D eigenvalue weighted by Crippen LogP contribution is 2.38. The van der Waals surface area contributed by atoms with E-state index in [1.807, 2.05) is 0 Å². The second-order valence-corrected chi connectivity index (χ2v) is 10.9. The van der Waals surface area contributed by atoms with Crippen LogP contribution >= 0.6 is 0 Å². The molecule has 0 radical (unpaired) electrons. The van der Waals surface area contributed by atoms with Crippen molar-refractivity contribution in [3.8, 4) is 11.6 Å². The molecule has 0 unspecified atom stereocenters. The fraction of sp³-hybridized carbons (Fsp3) is 0.455. The molecule has 34 heavy (non-hydrogen) atoms. The van der Waals surface area contributed by atoms with Crippen molar-refractivity contribution in [1.82, 2.24) is 19.9 Å². The maximum atomic E-state index is 15.4. The van der Waals surface area contributed by atoms with Crippen molar-refractivity contribution >= 4 is 16.1 Å². The number of aromatic nitrogens is 1. The number of fused-ring (bicyclic) bond motifs is 5. The molecule has 2 amide bonds. The van der Waals surface area contributed by atoms with Crippen molar-refractivity contribution in [2.24, 2.45) is 0 Å². The van der Waals surface area contributed by atoms with E-state index in [-0.39, 0.29) is 30.2 Å². The van der Waals surface area contributed by atoms with E-state index in [9.17, 15) is 13.2 Å². The third-order valence-electron chi connectivity index (χ3n) is 6.34. The lowest BCUT2D eigenvalue weighted by atomic mass is 9.98. The number of urea groups is 1. The first kappa shape index (κ1) is 22.9. The van der Waals surface area contributed by atoms with E-state index in [0.29, 0.717) is 24.1 Å². The molecule has 8 nitrogen and oxygen atoms in total. The van der Waals surface area contributed by atoms with Gasteiger partial charge in [0.15, 0.2) is 11.6 Å². The predicted molar refractivity (Wildman–Crippen MR) is 116 cm³/mol.